The van der Waals surface area contributed by atoms with Gasteiger partial charge in [-0.1, -0.05) is 18.2 Å². The minimum absolute atomic E-state index is 0.144. The highest BCUT2D eigenvalue weighted by atomic mass is 16.1. The highest BCUT2D eigenvalue weighted by molar-refractivity contribution is 5.90. The second-order valence-electron chi connectivity index (χ2n) is 6.34. The molecular formula is C20H17N5O. The number of Topliss-reactive ketones (excluding diaryl/α,β-unsaturated/α-hetero) is 1. The molecule has 0 aliphatic heterocycles. The van der Waals surface area contributed by atoms with E-state index in [2.05, 4.69) is 26.0 Å². The summed E-state index contributed by atoms with van der Waals surface area (Å²) in [6, 6.07) is 11.9. The normalized spacial score (nSPS) is 12.3. The summed E-state index contributed by atoms with van der Waals surface area (Å²) in [4.78, 5) is 27.5. The number of ketones is 1. The Bertz CT molecular complexity index is 1150. The molecular weight excluding hydrogens is 326 g/mol. The molecule has 2 N–H and O–H groups in total. The number of fused-ring (bicyclic) bond motifs is 2. The Labute approximate surface area is 149 Å². The average molecular weight is 343 g/mol. The number of carbonyl (C=O) groups is 1. The van der Waals surface area contributed by atoms with Crippen molar-refractivity contribution in [1.29, 1.82) is 5.26 Å². The second kappa shape index (κ2) is 6.45. The van der Waals surface area contributed by atoms with Crippen molar-refractivity contribution in [3.63, 3.8) is 0 Å². The van der Waals surface area contributed by atoms with Crippen molar-refractivity contribution in [2.75, 3.05) is 0 Å². The number of nitrogens with zero attached hydrogens (tertiary/aromatic N) is 3. The summed E-state index contributed by atoms with van der Waals surface area (Å²) in [7, 11) is 0. The molecule has 128 valence electrons. The number of hydrogen-bond donors (Lipinski definition) is 2. The van der Waals surface area contributed by atoms with E-state index in [1.807, 2.05) is 43.5 Å². The van der Waals surface area contributed by atoms with E-state index in [1.54, 1.807) is 6.20 Å². The fourth-order valence-corrected chi connectivity index (χ4v) is 3.22. The fraction of sp³-hybridized carbons (Fsp3) is 0.200. The lowest BCUT2D eigenvalue weighted by Crippen LogP contribution is -2.13. The van der Waals surface area contributed by atoms with E-state index in [4.69, 9.17) is 0 Å². The predicted octanol–water partition coefficient (Wildman–Crippen LogP) is 3.56. The third-order valence-corrected chi connectivity index (χ3v) is 4.66. The van der Waals surface area contributed by atoms with Gasteiger partial charge in [-0.25, -0.2) is 9.97 Å². The quantitative estimate of drug-likeness (QED) is 0.579. The van der Waals surface area contributed by atoms with Crippen LogP contribution in [0.3, 0.4) is 0 Å². The molecule has 0 saturated heterocycles. The topological polar surface area (TPSA) is 98.2 Å². The Morgan fingerprint density at radius 2 is 2.15 bits per heavy atom. The molecule has 6 heteroatoms. The summed E-state index contributed by atoms with van der Waals surface area (Å²) in [5.41, 5.74) is 4.41. The summed E-state index contributed by atoms with van der Waals surface area (Å²) in [6.07, 6.45) is 4.46. The van der Waals surface area contributed by atoms with E-state index in [-0.39, 0.29) is 12.2 Å². The number of aryl methyl sites for hydroxylation is 2. The molecule has 4 rings (SSSR count). The molecule has 3 heterocycles. The molecule has 26 heavy (non-hydrogen) atoms. The molecule has 1 atom stereocenters. The first-order valence-electron chi connectivity index (χ1n) is 8.46. The van der Waals surface area contributed by atoms with Crippen molar-refractivity contribution < 1.29 is 4.79 Å². The summed E-state index contributed by atoms with van der Waals surface area (Å²) < 4.78 is 0. The Morgan fingerprint density at radius 3 is 2.96 bits per heavy atom. The minimum atomic E-state index is -0.909. The number of H-pyrrole nitrogens is 2. The van der Waals surface area contributed by atoms with Crippen LogP contribution in [0.5, 0.6) is 0 Å². The lowest BCUT2D eigenvalue weighted by molar-refractivity contribution is -0.119. The SMILES string of the molecule is Cc1ccnc2nc(C(C#N)C(=O)CCc3c[nH]c4ccccc34)[nH]c12. The minimum Gasteiger partial charge on any atom is -0.361 e. The van der Waals surface area contributed by atoms with E-state index in [9.17, 15) is 10.1 Å². The zero-order valence-electron chi connectivity index (χ0n) is 14.3. The smallest absolute Gasteiger partial charge is 0.178 e. The fourth-order valence-electron chi connectivity index (χ4n) is 3.22. The molecule has 0 aliphatic rings. The van der Waals surface area contributed by atoms with Crippen LogP contribution in [0.25, 0.3) is 22.1 Å². The number of para-hydroxylation sites is 1. The van der Waals surface area contributed by atoms with E-state index in [1.165, 1.54) is 0 Å². The highest BCUT2D eigenvalue weighted by Crippen LogP contribution is 2.23. The zero-order chi connectivity index (χ0) is 18.1. The Balaban J connectivity index is 1.55. The molecule has 1 aromatic carbocycles. The van der Waals surface area contributed by atoms with Gasteiger partial charge >= 0.3 is 0 Å². The summed E-state index contributed by atoms with van der Waals surface area (Å²) >= 11 is 0. The molecule has 0 aliphatic carbocycles. The van der Waals surface area contributed by atoms with Gasteiger partial charge in [-0.05, 0) is 36.6 Å². The Hall–Kier alpha value is -3.46. The monoisotopic (exact) mass is 343 g/mol. The van der Waals surface area contributed by atoms with Crippen molar-refractivity contribution in [1.82, 2.24) is 19.9 Å². The van der Waals surface area contributed by atoms with Crippen LogP contribution in [-0.4, -0.2) is 25.7 Å². The van der Waals surface area contributed by atoms with Crippen molar-refractivity contribution >= 4 is 27.9 Å². The first kappa shape index (κ1) is 16.0. The number of aromatic amines is 2. The van der Waals surface area contributed by atoms with Crippen LogP contribution in [0.2, 0.25) is 0 Å². The van der Waals surface area contributed by atoms with Crippen LogP contribution in [0.4, 0.5) is 0 Å². The maximum absolute atomic E-state index is 12.7. The first-order valence-corrected chi connectivity index (χ1v) is 8.46. The van der Waals surface area contributed by atoms with Crippen LogP contribution < -0.4 is 0 Å². The molecule has 1 unspecified atom stereocenters. The third kappa shape index (κ3) is 2.74. The van der Waals surface area contributed by atoms with Crippen LogP contribution in [0, 0.1) is 18.3 Å². The number of carbonyl (C=O) groups excluding carboxylic acids is 1. The first-order chi connectivity index (χ1) is 12.7. The van der Waals surface area contributed by atoms with Crippen molar-refractivity contribution in [2.24, 2.45) is 0 Å². The number of nitriles is 1. The third-order valence-electron chi connectivity index (χ3n) is 4.66. The maximum Gasteiger partial charge on any atom is 0.178 e. The largest absolute Gasteiger partial charge is 0.361 e. The van der Waals surface area contributed by atoms with Crippen LogP contribution >= 0.6 is 0 Å². The van der Waals surface area contributed by atoms with E-state index < -0.39 is 5.92 Å². The molecule has 3 aromatic heterocycles. The predicted molar refractivity (Wildman–Crippen MR) is 98.6 cm³/mol. The van der Waals surface area contributed by atoms with E-state index in [0.717, 1.165) is 27.5 Å². The molecule has 0 fully saturated rings. The maximum atomic E-state index is 12.7. The van der Waals surface area contributed by atoms with E-state index >= 15 is 0 Å². The van der Waals surface area contributed by atoms with Crippen LogP contribution in [-0.2, 0) is 11.2 Å². The van der Waals surface area contributed by atoms with Crippen molar-refractivity contribution in [3.8, 4) is 6.07 Å². The summed E-state index contributed by atoms with van der Waals surface area (Å²) in [5.74, 6) is -0.684. The van der Waals surface area contributed by atoms with Gasteiger partial charge in [0.05, 0.1) is 11.6 Å². The average Bonchev–Trinajstić information content (AvgIpc) is 3.25. The number of imidazole rings is 1. The summed E-state index contributed by atoms with van der Waals surface area (Å²) in [6.45, 7) is 1.94. The lowest BCUT2D eigenvalue weighted by Gasteiger charge is -2.05. The van der Waals surface area contributed by atoms with Gasteiger partial charge < -0.3 is 9.97 Å². The lowest BCUT2D eigenvalue weighted by atomic mass is 9.98. The molecule has 0 bridgehead atoms. The number of nitrogens with one attached hydrogen (secondary N) is 2. The number of rotatable bonds is 5. The number of hydrogen-bond acceptors (Lipinski definition) is 4. The number of aromatic nitrogens is 4. The van der Waals surface area contributed by atoms with Gasteiger partial charge in [0.25, 0.3) is 0 Å². The molecule has 0 spiro atoms. The Morgan fingerprint density at radius 1 is 1.31 bits per heavy atom. The van der Waals surface area contributed by atoms with Gasteiger partial charge in [0, 0.05) is 29.7 Å². The molecule has 0 radical (unpaired) electrons. The van der Waals surface area contributed by atoms with Crippen molar-refractivity contribution in [2.45, 2.75) is 25.7 Å². The zero-order valence-corrected chi connectivity index (χ0v) is 14.3. The Kier molecular flexibility index (Phi) is 3.98. The highest BCUT2D eigenvalue weighted by Gasteiger charge is 2.24. The molecule has 0 amide bonds. The van der Waals surface area contributed by atoms with Gasteiger partial charge in [0.1, 0.15) is 5.82 Å². The number of benzene rings is 1. The van der Waals surface area contributed by atoms with Crippen LogP contribution in [0.15, 0.2) is 42.7 Å². The summed E-state index contributed by atoms with van der Waals surface area (Å²) in [5, 5.41) is 10.6. The van der Waals surface area contributed by atoms with Crippen molar-refractivity contribution in [3.05, 3.63) is 59.7 Å². The molecule has 0 saturated carbocycles. The van der Waals surface area contributed by atoms with Crippen LogP contribution in [0.1, 0.15) is 29.3 Å². The standard InChI is InChI=1S/C20H17N5O/c1-12-8-9-22-20-18(12)24-19(25-20)15(10-21)17(26)7-6-13-11-23-16-5-3-2-4-14(13)16/h2-5,8-9,11,15,23H,6-7H2,1H3,(H,22,24,25). The van der Waals surface area contributed by atoms with E-state index in [0.29, 0.717) is 17.9 Å². The van der Waals surface area contributed by atoms with Gasteiger partial charge in [-0.3, -0.25) is 4.79 Å². The second-order valence-corrected chi connectivity index (χ2v) is 6.34. The number of pyridine rings is 1. The van der Waals surface area contributed by atoms with Gasteiger partial charge in [0.15, 0.2) is 17.3 Å². The molecule has 4 aromatic rings. The van der Waals surface area contributed by atoms with Gasteiger partial charge in [-0.2, -0.15) is 5.26 Å². The molecule has 6 nitrogen and oxygen atoms in total. The van der Waals surface area contributed by atoms with Gasteiger partial charge in [0.2, 0.25) is 0 Å². The van der Waals surface area contributed by atoms with Gasteiger partial charge in [-0.15, -0.1) is 0 Å².